The van der Waals surface area contributed by atoms with E-state index >= 15 is 8.78 Å². The molecule has 290 valence electrons. The Bertz CT molecular complexity index is 2390. The molecule has 4 atom stereocenters. The van der Waals surface area contributed by atoms with Crippen molar-refractivity contribution in [2.75, 3.05) is 37.7 Å². The number of hydrogen-bond donors (Lipinski definition) is 1. The van der Waals surface area contributed by atoms with E-state index in [0.717, 1.165) is 57.7 Å². The first-order valence-corrected chi connectivity index (χ1v) is 19.0. The number of nitrogens with one attached hydrogen (secondary N) is 1. The Balaban J connectivity index is 1.08. The van der Waals surface area contributed by atoms with Crippen molar-refractivity contribution in [3.05, 3.63) is 71.1 Å². The SMILES string of the molecule is C#Cc1c(F)ccc2cccc(-c3nc4c5c(nc(OC[C@@]67CCCN6[C@H](COc6cc(C(F)(F)F)cnn6)CC7)nc5c3F)N3C[C@@H](C)NC[C@H]3CCC4)c12. The summed E-state index contributed by atoms with van der Waals surface area (Å²) in [6.45, 7) is 4.61. The Morgan fingerprint density at radius 1 is 1.04 bits per heavy atom. The lowest BCUT2D eigenvalue weighted by molar-refractivity contribution is -0.138. The number of pyridine rings is 1. The molecule has 5 aromatic rings. The van der Waals surface area contributed by atoms with Crippen molar-refractivity contribution in [2.24, 2.45) is 0 Å². The number of anilines is 1. The Kier molecular flexibility index (Phi) is 9.16. The summed E-state index contributed by atoms with van der Waals surface area (Å²) in [5.74, 6) is 1.61. The van der Waals surface area contributed by atoms with Crippen LogP contribution in [0, 0.1) is 24.0 Å². The van der Waals surface area contributed by atoms with Crippen LogP contribution in [0.1, 0.15) is 62.3 Å². The molecule has 9 rings (SSSR count). The summed E-state index contributed by atoms with van der Waals surface area (Å²) in [6.07, 6.45) is 7.36. The molecule has 3 saturated heterocycles. The third kappa shape index (κ3) is 6.32. The van der Waals surface area contributed by atoms with Crippen LogP contribution < -0.4 is 19.7 Å². The average molecular weight is 771 g/mol. The first kappa shape index (κ1) is 36.4. The van der Waals surface area contributed by atoms with E-state index in [9.17, 15) is 13.2 Å². The van der Waals surface area contributed by atoms with Crippen LogP contribution >= 0.6 is 0 Å². The van der Waals surface area contributed by atoms with E-state index in [4.69, 9.17) is 30.8 Å². The van der Waals surface area contributed by atoms with Gasteiger partial charge in [0.15, 0.2) is 5.82 Å². The molecule has 0 bridgehead atoms. The number of rotatable bonds is 7. The molecule has 1 N–H and O–H groups in total. The molecule has 0 amide bonds. The van der Waals surface area contributed by atoms with Gasteiger partial charge in [0.1, 0.15) is 36.1 Å². The van der Waals surface area contributed by atoms with Gasteiger partial charge in [0.05, 0.1) is 33.9 Å². The van der Waals surface area contributed by atoms with Crippen LogP contribution in [0.3, 0.4) is 0 Å². The fraction of sp³-hybridized carbons (Fsp3) is 0.439. The lowest BCUT2D eigenvalue weighted by atomic mass is 9.94. The number of aromatic nitrogens is 5. The maximum atomic E-state index is 17.3. The first-order valence-electron chi connectivity index (χ1n) is 19.0. The van der Waals surface area contributed by atoms with Crippen LogP contribution in [0.4, 0.5) is 27.8 Å². The number of nitrogens with zero attached hydrogens (tertiary/aromatic N) is 7. The second kappa shape index (κ2) is 14.1. The molecule has 15 heteroatoms. The van der Waals surface area contributed by atoms with Crippen LogP contribution in [0.2, 0.25) is 0 Å². The zero-order chi connectivity index (χ0) is 38.8. The molecule has 3 fully saturated rings. The van der Waals surface area contributed by atoms with Crippen molar-refractivity contribution in [1.82, 2.24) is 35.4 Å². The first-order chi connectivity index (χ1) is 27.0. The van der Waals surface area contributed by atoms with E-state index in [1.807, 2.05) is 0 Å². The standard InChI is InChI=1S/C41H39F5N8O2/c1-3-28-30(42)12-11-24-7-4-9-29(33(24)28)36-35(43)37-34-31(49-36)10-5-8-26-19-47-23(2)20-53(26)38(34)51-39(50-37)56-22-40-14-6-16-54(40)27(13-15-40)21-55-32-17-25(18-48-52-32)41(44,45)46/h1,4,7,9,11-12,17-18,23,26-27,47H,5-6,8,10,13-16,19-22H2,2H3/t23-,26-,27+,40+/m1/s1. The summed E-state index contributed by atoms with van der Waals surface area (Å²) in [4.78, 5) is 19.3. The van der Waals surface area contributed by atoms with Gasteiger partial charge in [-0.15, -0.1) is 11.5 Å². The smallest absolute Gasteiger partial charge is 0.418 e. The minimum Gasteiger partial charge on any atom is -0.475 e. The highest BCUT2D eigenvalue weighted by molar-refractivity contribution is 6.02. The molecule has 3 aromatic heterocycles. The van der Waals surface area contributed by atoms with E-state index in [1.165, 1.54) is 6.07 Å². The molecule has 10 nitrogen and oxygen atoms in total. The number of terminal acetylenes is 1. The lowest BCUT2D eigenvalue weighted by Gasteiger charge is -2.42. The van der Waals surface area contributed by atoms with Crippen molar-refractivity contribution in [3.63, 3.8) is 0 Å². The summed E-state index contributed by atoms with van der Waals surface area (Å²) >= 11 is 0. The summed E-state index contributed by atoms with van der Waals surface area (Å²) in [5.41, 5.74) is -0.137. The fourth-order valence-corrected chi connectivity index (χ4v) is 9.25. The molecule has 2 aromatic carbocycles. The Morgan fingerprint density at radius 2 is 1.91 bits per heavy atom. The van der Waals surface area contributed by atoms with E-state index < -0.39 is 28.9 Å². The van der Waals surface area contributed by atoms with Crippen molar-refractivity contribution < 1.29 is 31.4 Å². The summed E-state index contributed by atoms with van der Waals surface area (Å²) in [7, 11) is 0. The fourth-order valence-electron chi connectivity index (χ4n) is 9.25. The number of alkyl halides is 3. The molecule has 7 heterocycles. The molecular weight excluding hydrogens is 731 g/mol. The average Bonchev–Trinajstić information content (AvgIpc) is 3.76. The molecule has 0 radical (unpaired) electrons. The highest BCUT2D eigenvalue weighted by Crippen LogP contribution is 2.44. The van der Waals surface area contributed by atoms with Gasteiger partial charge in [0.2, 0.25) is 5.88 Å². The van der Waals surface area contributed by atoms with Gasteiger partial charge in [-0.1, -0.05) is 30.2 Å². The molecule has 0 saturated carbocycles. The van der Waals surface area contributed by atoms with Gasteiger partial charge in [0, 0.05) is 48.2 Å². The monoisotopic (exact) mass is 770 g/mol. The van der Waals surface area contributed by atoms with Gasteiger partial charge < -0.3 is 19.7 Å². The van der Waals surface area contributed by atoms with Crippen LogP contribution in [0.15, 0.2) is 42.6 Å². The normalized spacial score (nSPS) is 23.7. The number of hydrogen-bond acceptors (Lipinski definition) is 10. The number of ether oxygens (including phenoxy) is 2. The highest BCUT2D eigenvalue weighted by Gasteiger charge is 2.50. The van der Waals surface area contributed by atoms with Gasteiger partial charge in [-0.3, -0.25) is 4.90 Å². The summed E-state index contributed by atoms with van der Waals surface area (Å²) in [6, 6.07) is 9.30. The third-order valence-electron chi connectivity index (χ3n) is 11.9. The number of fused-ring (bicyclic) bond motifs is 4. The Morgan fingerprint density at radius 3 is 2.75 bits per heavy atom. The van der Waals surface area contributed by atoms with Gasteiger partial charge in [-0.05, 0) is 69.9 Å². The minimum absolute atomic E-state index is 0.0336. The number of piperazine rings is 1. The Hall–Kier alpha value is -5.20. The van der Waals surface area contributed by atoms with E-state index in [0.29, 0.717) is 52.4 Å². The summed E-state index contributed by atoms with van der Waals surface area (Å²) < 4.78 is 84.4. The van der Waals surface area contributed by atoms with Gasteiger partial charge in [-0.2, -0.15) is 28.2 Å². The van der Waals surface area contributed by atoms with E-state index in [-0.39, 0.29) is 60.0 Å². The second-order valence-corrected chi connectivity index (χ2v) is 15.3. The zero-order valence-electron chi connectivity index (χ0n) is 30.7. The van der Waals surface area contributed by atoms with Crippen LogP contribution in [0.5, 0.6) is 11.9 Å². The van der Waals surface area contributed by atoms with Crippen LogP contribution in [0.25, 0.3) is 32.9 Å². The molecule has 56 heavy (non-hydrogen) atoms. The third-order valence-corrected chi connectivity index (χ3v) is 11.9. The second-order valence-electron chi connectivity index (χ2n) is 15.3. The van der Waals surface area contributed by atoms with Crippen molar-refractivity contribution in [1.29, 1.82) is 0 Å². The van der Waals surface area contributed by atoms with Crippen molar-refractivity contribution >= 4 is 27.5 Å². The zero-order valence-corrected chi connectivity index (χ0v) is 30.7. The number of benzene rings is 2. The lowest BCUT2D eigenvalue weighted by Crippen LogP contribution is -2.56. The maximum absolute atomic E-state index is 17.3. The number of halogens is 5. The van der Waals surface area contributed by atoms with E-state index in [2.05, 4.69) is 38.2 Å². The van der Waals surface area contributed by atoms with Crippen molar-refractivity contribution in [3.8, 4) is 35.5 Å². The van der Waals surface area contributed by atoms with Crippen LogP contribution in [-0.4, -0.2) is 86.6 Å². The number of aryl methyl sites for hydroxylation is 1. The summed E-state index contributed by atoms with van der Waals surface area (Å²) in [5, 5.41) is 12.4. The molecule has 0 aliphatic carbocycles. The maximum Gasteiger partial charge on any atom is 0.418 e. The molecule has 4 aliphatic rings. The molecule has 0 unspecified atom stereocenters. The highest BCUT2D eigenvalue weighted by atomic mass is 19.4. The van der Waals surface area contributed by atoms with Crippen LogP contribution in [-0.2, 0) is 12.6 Å². The van der Waals surface area contributed by atoms with Gasteiger partial charge in [-0.25, -0.2) is 13.8 Å². The minimum atomic E-state index is -4.56. The predicted octanol–water partition coefficient (Wildman–Crippen LogP) is 6.87. The molecule has 4 aliphatic heterocycles. The Labute approximate surface area is 319 Å². The van der Waals surface area contributed by atoms with Crippen molar-refractivity contribution in [2.45, 2.75) is 81.7 Å². The topological polar surface area (TPSA) is 101 Å². The molecule has 0 spiro atoms. The largest absolute Gasteiger partial charge is 0.475 e. The van der Waals surface area contributed by atoms with Gasteiger partial charge >= 0.3 is 12.2 Å². The molecular formula is C41H39F5N8O2. The van der Waals surface area contributed by atoms with E-state index in [1.54, 1.807) is 24.3 Å². The van der Waals surface area contributed by atoms with Gasteiger partial charge in [0.25, 0.3) is 0 Å². The quantitative estimate of drug-likeness (QED) is 0.140. The predicted molar refractivity (Wildman–Crippen MR) is 199 cm³/mol.